The molecule has 1 aromatic rings. The molecule has 1 aliphatic heterocycles. The Balaban J connectivity index is 2.39. The van der Waals surface area contributed by atoms with Crippen molar-refractivity contribution in [1.29, 1.82) is 0 Å². The zero-order valence-corrected chi connectivity index (χ0v) is 11.5. The van der Waals surface area contributed by atoms with E-state index in [9.17, 15) is 13.2 Å². The summed E-state index contributed by atoms with van der Waals surface area (Å²) in [6.07, 6.45) is 0. The van der Waals surface area contributed by atoms with Gasteiger partial charge in [-0.05, 0) is 23.8 Å². The molecule has 3 nitrogen and oxygen atoms in total. The maximum atomic E-state index is 14.1. The van der Waals surface area contributed by atoms with Crippen molar-refractivity contribution in [2.75, 3.05) is 32.8 Å². The van der Waals surface area contributed by atoms with Crippen molar-refractivity contribution in [1.82, 2.24) is 10.2 Å². The van der Waals surface area contributed by atoms with E-state index in [1.807, 2.05) is 0 Å². The normalized spacial score (nSPS) is 19.1. The monoisotopic (exact) mass is 308 g/mol. The lowest BCUT2D eigenvalue weighted by atomic mass is 9.98. The molecule has 0 bridgehead atoms. The molecule has 0 aliphatic carbocycles. The Morgan fingerprint density at radius 3 is 2.50 bits per heavy atom. The molecule has 0 radical (unpaired) electrons. The summed E-state index contributed by atoms with van der Waals surface area (Å²) in [6.45, 7) is 0.640. The number of piperazine rings is 1. The highest BCUT2D eigenvalue weighted by Crippen LogP contribution is 2.37. The van der Waals surface area contributed by atoms with Gasteiger partial charge in [-0.2, -0.15) is 0 Å². The number of nitrogens with zero attached hydrogens (tertiary/aromatic N) is 1. The minimum Gasteiger partial charge on any atom is -0.390 e. The molecule has 0 aromatic heterocycles. The topological polar surface area (TPSA) is 35.5 Å². The summed E-state index contributed by atoms with van der Waals surface area (Å²) in [5.74, 6) is -4.03. The number of aliphatic hydroxyl groups is 1. The second-order valence-corrected chi connectivity index (χ2v) is 5.25. The number of alkyl halides is 2. The van der Waals surface area contributed by atoms with Crippen LogP contribution in [0.1, 0.15) is 11.6 Å². The zero-order valence-electron chi connectivity index (χ0n) is 10.8. The van der Waals surface area contributed by atoms with E-state index in [0.717, 1.165) is 12.1 Å². The van der Waals surface area contributed by atoms with Crippen molar-refractivity contribution in [3.63, 3.8) is 0 Å². The van der Waals surface area contributed by atoms with Gasteiger partial charge in [0.1, 0.15) is 18.5 Å². The lowest BCUT2D eigenvalue weighted by Crippen LogP contribution is -2.51. The van der Waals surface area contributed by atoms with Crippen LogP contribution in [-0.4, -0.2) is 48.7 Å². The smallest absolute Gasteiger partial charge is 0.289 e. The van der Waals surface area contributed by atoms with Gasteiger partial charge in [0, 0.05) is 31.2 Å². The van der Waals surface area contributed by atoms with Gasteiger partial charge >= 0.3 is 0 Å². The van der Waals surface area contributed by atoms with E-state index in [1.54, 1.807) is 0 Å². The average Bonchev–Trinajstić information content (AvgIpc) is 2.39. The zero-order chi connectivity index (χ0) is 14.8. The third-order valence-electron chi connectivity index (χ3n) is 3.33. The number of halogens is 4. The van der Waals surface area contributed by atoms with Crippen LogP contribution in [0.5, 0.6) is 0 Å². The van der Waals surface area contributed by atoms with Gasteiger partial charge in [-0.15, -0.1) is 0 Å². The first-order valence-corrected chi connectivity index (χ1v) is 6.71. The first-order chi connectivity index (χ1) is 9.44. The van der Waals surface area contributed by atoms with Crippen molar-refractivity contribution in [2.45, 2.75) is 12.0 Å². The highest BCUT2D eigenvalue weighted by Gasteiger charge is 2.44. The van der Waals surface area contributed by atoms with Crippen LogP contribution >= 0.6 is 11.6 Å². The van der Waals surface area contributed by atoms with Crippen LogP contribution in [0, 0.1) is 5.82 Å². The molecule has 0 spiro atoms. The summed E-state index contributed by atoms with van der Waals surface area (Å²) < 4.78 is 41.6. The summed E-state index contributed by atoms with van der Waals surface area (Å²) >= 11 is 5.75. The van der Waals surface area contributed by atoms with E-state index in [-0.39, 0.29) is 10.6 Å². The maximum absolute atomic E-state index is 14.1. The fraction of sp³-hybridized carbons (Fsp3) is 0.538. The first kappa shape index (κ1) is 15.6. The fourth-order valence-electron chi connectivity index (χ4n) is 2.48. The van der Waals surface area contributed by atoms with Gasteiger partial charge in [-0.25, -0.2) is 13.2 Å². The Bertz CT molecular complexity index is 447. The lowest BCUT2D eigenvalue weighted by molar-refractivity contribution is -0.118. The maximum Gasteiger partial charge on any atom is 0.289 e. The summed E-state index contributed by atoms with van der Waals surface area (Å²) in [5, 5.41) is 12.1. The Morgan fingerprint density at radius 2 is 1.95 bits per heavy atom. The van der Waals surface area contributed by atoms with Crippen molar-refractivity contribution >= 4 is 11.6 Å². The summed E-state index contributed by atoms with van der Waals surface area (Å²) in [6, 6.07) is 2.04. The highest BCUT2D eigenvalue weighted by molar-refractivity contribution is 6.30. The average molecular weight is 309 g/mol. The molecule has 1 aromatic carbocycles. The van der Waals surface area contributed by atoms with E-state index in [0.29, 0.717) is 26.2 Å². The third-order valence-corrected chi connectivity index (χ3v) is 3.55. The SMILES string of the molecule is OCC(F)(F)[C@@H](c1cc(F)cc(Cl)c1)N1CCNCC1. The van der Waals surface area contributed by atoms with Gasteiger partial charge in [0.15, 0.2) is 0 Å². The Kier molecular flexibility index (Phi) is 4.90. The molecule has 2 N–H and O–H groups in total. The van der Waals surface area contributed by atoms with E-state index in [2.05, 4.69) is 5.32 Å². The number of aliphatic hydroxyl groups excluding tert-OH is 1. The minimum absolute atomic E-state index is 0.0638. The number of hydrogen-bond acceptors (Lipinski definition) is 3. The molecule has 20 heavy (non-hydrogen) atoms. The molecule has 2 rings (SSSR count). The van der Waals surface area contributed by atoms with E-state index in [1.165, 1.54) is 11.0 Å². The summed E-state index contributed by atoms with van der Waals surface area (Å²) in [7, 11) is 0. The Labute approximate surface area is 120 Å². The molecular formula is C13H16ClF3N2O. The molecule has 1 heterocycles. The first-order valence-electron chi connectivity index (χ1n) is 6.33. The van der Waals surface area contributed by atoms with Gasteiger partial charge in [0.25, 0.3) is 5.92 Å². The van der Waals surface area contributed by atoms with Crippen LogP contribution in [0.3, 0.4) is 0 Å². The minimum atomic E-state index is -3.37. The van der Waals surface area contributed by atoms with Crippen LogP contribution in [0.2, 0.25) is 5.02 Å². The van der Waals surface area contributed by atoms with Crippen LogP contribution in [0.15, 0.2) is 18.2 Å². The van der Waals surface area contributed by atoms with Gasteiger partial charge in [-0.3, -0.25) is 4.90 Å². The molecule has 0 saturated carbocycles. The molecule has 7 heteroatoms. The predicted octanol–water partition coefficient (Wildman–Crippen LogP) is 2.05. The number of nitrogens with one attached hydrogen (secondary N) is 1. The van der Waals surface area contributed by atoms with Crippen molar-refractivity contribution in [3.05, 3.63) is 34.6 Å². The predicted molar refractivity (Wildman–Crippen MR) is 70.6 cm³/mol. The number of hydrogen-bond donors (Lipinski definition) is 2. The molecular weight excluding hydrogens is 293 g/mol. The molecule has 112 valence electrons. The standard InChI is InChI=1S/C13H16ClF3N2O/c14-10-5-9(6-11(15)7-10)12(13(16,17)8-20)19-3-1-18-2-4-19/h5-7,12,18,20H,1-4,8H2/t12-/m1/s1. The Morgan fingerprint density at radius 1 is 1.30 bits per heavy atom. The van der Waals surface area contributed by atoms with Crippen LogP contribution in [-0.2, 0) is 0 Å². The third kappa shape index (κ3) is 3.44. The number of benzene rings is 1. The lowest BCUT2D eigenvalue weighted by Gasteiger charge is -2.38. The van der Waals surface area contributed by atoms with Gasteiger partial charge in [0.05, 0.1) is 0 Å². The van der Waals surface area contributed by atoms with Crippen LogP contribution in [0.25, 0.3) is 0 Å². The molecule has 1 aliphatic rings. The van der Waals surface area contributed by atoms with Crippen molar-refractivity contribution < 1.29 is 18.3 Å². The second-order valence-electron chi connectivity index (χ2n) is 4.81. The molecule has 1 fully saturated rings. The molecule has 1 saturated heterocycles. The summed E-state index contributed by atoms with van der Waals surface area (Å²) in [5.41, 5.74) is 0.0796. The largest absolute Gasteiger partial charge is 0.390 e. The molecule has 1 atom stereocenters. The van der Waals surface area contributed by atoms with Gasteiger partial charge in [0.2, 0.25) is 0 Å². The summed E-state index contributed by atoms with van der Waals surface area (Å²) in [4.78, 5) is 1.54. The number of rotatable bonds is 4. The molecule has 0 amide bonds. The van der Waals surface area contributed by atoms with Gasteiger partial charge < -0.3 is 10.4 Å². The van der Waals surface area contributed by atoms with E-state index < -0.39 is 24.4 Å². The quantitative estimate of drug-likeness (QED) is 0.894. The Hall–Kier alpha value is -0.820. The van der Waals surface area contributed by atoms with Crippen LogP contribution in [0.4, 0.5) is 13.2 Å². The van der Waals surface area contributed by atoms with E-state index in [4.69, 9.17) is 16.7 Å². The van der Waals surface area contributed by atoms with Crippen LogP contribution < -0.4 is 5.32 Å². The van der Waals surface area contributed by atoms with E-state index >= 15 is 0 Å². The van der Waals surface area contributed by atoms with Crippen molar-refractivity contribution in [3.8, 4) is 0 Å². The van der Waals surface area contributed by atoms with Crippen molar-refractivity contribution in [2.24, 2.45) is 0 Å². The van der Waals surface area contributed by atoms with Gasteiger partial charge in [-0.1, -0.05) is 11.6 Å². The highest BCUT2D eigenvalue weighted by atomic mass is 35.5. The second kappa shape index (κ2) is 6.30. The molecule has 0 unspecified atom stereocenters. The fourth-order valence-corrected chi connectivity index (χ4v) is 2.71.